The molecule has 2 aromatic carbocycles. The molecular weight excluding hydrogens is 260 g/mol. The number of nitrogens with one attached hydrogen (secondary N) is 2. The van der Waals surface area contributed by atoms with Gasteiger partial charge in [0.1, 0.15) is 0 Å². The molecule has 2 aromatic rings. The van der Waals surface area contributed by atoms with Crippen LogP contribution in [-0.4, -0.2) is 12.5 Å². The second kappa shape index (κ2) is 7.04. The third kappa shape index (κ3) is 4.17. The zero-order chi connectivity index (χ0) is 15.2. The van der Waals surface area contributed by atoms with Crippen molar-refractivity contribution in [3.05, 3.63) is 65.2 Å². The molecule has 3 nitrogen and oxygen atoms in total. The molecule has 2 N–H and O–H groups in total. The molecule has 0 heterocycles. The Morgan fingerprint density at radius 1 is 1.05 bits per heavy atom. The summed E-state index contributed by atoms with van der Waals surface area (Å²) in [7, 11) is 0. The molecule has 0 spiro atoms. The Hall–Kier alpha value is -2.13. The summed E-state index contributed by atoms with van der Waals surface area (Å²) in [5.41, 5.74) is 4.35. The highest BCUT2D eigenvalue weighted by molar-refractivity contribution is 5.93. The minimum Gasteiger partial charge on any atom is -0.325 e. The predicted octanol–water partition coefficient (Wildman–Crippen LogP) is 3.59. The number of carbonyl (C=O) groups is 1. The van der Waals surface area contributed by atoms with Crippen LogP contribution in [0.15, 0.2) is 48.5 Å². The maximum Gasteiger partial charge on any atom is 0.238 e. The fourth-order valence-corrected chi connectivity index (χ4v) is 2.19. The van der Waals surface area contributed by atoms with Crippen LogP contribution in [0.2, 0.25) is 0 Å². The molecule has 0 bridgehead atoms. The Bertz CT molecular complexity index is 608. The normalized spacial score (nSPS) is 12.0. The van der Waals surface area contributed by atoms with Crippen molar-refractivity contribution >= 4 is 11.6 Å². The van der Waals surface area contributed by atoms with Gasteiger partial charge in [-0.15, -0.1) is 0 Å². The molecule has 0 saturated carbocycles. The second-order valence-corrected chi connectivity index (χ2v) is 5.31. The third-order valence-corrected chi connectivity index (χ3v) is 3.75. The van der Waals surface area contributed by atoms with Crippen LogP contribution in [0.1, 0.15) is 29.7 Å². The first-order chi connectivity index (χ1) is 10.1. The number of anilines is 1. The van der Waals surface area contributed by atoms with E-state index in [9.17, 15) is 4.79 Å². The molecular formula is C18H22N2O. The smallest absolute Gasteiger partial charge is 0.238 e. The van der Waals surface area contributed by atoms with Gasteiger partial charge in [0.05, 0.1) is 6.54 Å². The van der Waals surface area contributed by atoms with Crippen molar-refractivity contribution in [2.75, 3.05) is 11.9 Å². The van der Waals surface area contributed by atoms with Gasteiger partial charge in [0, 0.05) is 11.7 Å². The standard InChI is InChI=1S/C18H22N2O/c1-13-8-7-11-17(14(13)2)20-18(21)12-19-15(3)16-9-5-4-6-10-16/h4-11,15,19H,12H2,1-3H3,(H,20,21)/t15-/m1/s1. The lowest BCUT2D eigenvalue weighted by atomic mass is 10.1. The molecule has 0 fully saturated rings. The van der Waals surface area contributed by atoms with Gasteiger partial charge in [0.25, 0.3) is 0 Å². The second-order valence-electron chi connectivity index (χ2n) is 5.31. The highest BCUT2D eigenvalue weighted by atomic mass is 16.1. The Labute approximate surface area is 126 Å². The third-order valence-electron chi connectivity index (χ3n) is 3.75. The number of hydrogen-bond acceptors (Lipinski definition) is 2. The highest BCUT2D eigenvalue weighted by Gasteiger charge is 2.09. The maximum absolute atomic E-state index is 12.0. The van der Waals surface area contributed by atoms with Crippen molar-refractivity contribution < 1.29 is 4.79 Å². The largest absolute Gasteiger partial charge is 0.325 e. The van der Waals surface area contributed by atoms with E-state index in [1.807, 2.05) is 50.2 Å². The number of aryl methyl sites for hydroxylation is 1. The first-order valence-electron chi connectivity index (χ1n) is 7.22. The van der Waals surface area contributed by atoms with Crippen LogP contribution >= 0.6 is 0 Å². The molecule has 0 aromatic heterocycles. The van der Waals surface area contributed by atoms with Crippen molar-refractivity contribution in [2.45, 2.75) is 26.8 Å². The number of rotatable bonds is 5. The van der Waals surface area contributed by atoms with Crippen LogP contribution in [-0.2, 0) is 4.79 Å². The van der Waals surface area contributed by atoms with Crippen LogP contribution in [0.4, 0.5) is 5.69 Å². The van der Waals surface area contributed by atoms with Crippen LogP contribution in [0, 0.1) is 13.8 Å². The fraction of sp³-hybridized carbons (Fsp3) is 0.278. The topological polar surface area (TPSA) is 41.1 Å². The zero-order valence-electron chi connectivity index (χ0n) is 12.8. The van der Waals surface area contributed by atoms with E-state index in [1.54, 1.807) is 0 Å². The molecule has 110 valence electrons. The minimum atomic E-state index is -0.0218. The van der Waals surface area contributed by atoms with Gasteiger partial charge in [0.2, 0.25) is 5.91 Å². The van der Waals surface area contributed by atoms with Gasteiger partial charge in [-0.1, -0.05) is 42.5 Å². The Morgan fingerprint density at radius 2 is 1.76 bits per heavy atom. The van der Waals surface area contributed by atoms with Crippen LogP contribution in [0.5, 0.6) is 0 Å². The molecule has 2 rings (SSSR count). The van der Waals surface area contributed by atoms with E-state index in [1.165, 1.54) is 11.1 Å². The average molecular weight is 282 g/mol. The van der Waals surface area contributed by atoms with Crippen molar-refractivity contribution in [3.63, 3.8) is 0 Å². The Kier molecular flexibility index (Phi) is 5.12. The maximum atomic E-state index is 12.0. The zero-order valence-corrected chi connectivity index (χ0v) is 12.8. The molecule has 1 amide bonds. The quantitative estimate of drug-likeness (QED) is 0.880. The van der Waals surface area contributed by atoms with Gasteiger partial charge >= 0.3 is 0 Å². The molecule has 0 aliphatic carbocycles. The predicted molar refractivity (Wildman–Crippen MR) is 87.4 cm³/mol. The highest BCUT2D eigenvalue weighted by Crippen LogP contribution is 2.17. The summed E-state index contributed by atoms with van der Waals surface area (Å²) >= 11 is 0. The molecule has 0 unspecified atom stereocenters. The molecule has 0 aliphatic rings. The Balaban J connectivity index is 1.89. The summed E-state index contributed by atoms with van der Waals surface area (Å²) < 4.78 is 0. The van der Waals surface area contributed by atoms with Crippen LogP contribution in [0.25, 0.3) is 0 Å². The summed E-state index contributed by atoms with van der Waals surface area (Å²) in [4.78, 5) is 12.0. The van der Waals surface area contributed by atoms with E-state index in [0.29, 0.717) is 6.54 Å². The summed E-state index contributed by atoms with van der Waals surface area (Å²) in [6.45, 7) is 6.41. The van der Waals surface area contributed by atoms with Gasteiger partial charge in [-0.25, -0.2) is 0 Å². The number of benzene rings is 2. The first-order valence-corrected chi connectivity index (χ1v) is 7.22. The number of hydrogen-bond donors (Lipinski definition) is 2. The first kappa shape index (κ1) is 15.3. The van der Waals surface area contributed by atoms with E-state index in [-0.39, 0.29) is 11.9 Å². The molecule has 0 saturated heterocycles. The van der Waals surface area contributed by atoms with Gasteiger partial charge in [-0.05, 0) is 43.5 Å². The van der Waals surface area contributed by atoms with E-state index in [4.69, 9.17) is 0 Å². The SMILES string of the molecule is Cc1cccc(NC(=O)CN[C@H](C)c2ccccc2)c1C. The summed E-state index contributed by atoms with van der Waals surface area (Å²) in [5, 5.41) is 6.20. The van der Waals surface area contributed by atoms with Crippen LogP contribution in [0.3, 0.4) is 0 Å². The van der Waals surface area contributed by atoms with Gasteiger partial charge in [-0.3, -0.25) is 4.79 Å². The molecule has 1 atom stereocenters. The number of carbonyl (C=O) groups excluding carboxylic acids is 1. The van der Waals surface area contributed by atoms with Gasteiger partial charge in [0.15, 0.2) is 0 Å². The van der Waals surface area contributed by atoms with E-state index < -0.39 is 0 Å². The fourth-order valence-electron chi connectivity index (χ4n) is 2.19. The lowest BCUT2D eigenvalue weighted by molar-refractivity contribution is -0.115. The number of amides is 1. The van der Waals surface area contributed by atoms with Crippen molar-refractivity contribution in [3.8, 4) is 0 Å². The molecule has 0 radical (unpaired) electrons. The molecule has 3 heteroatoms. The van der Waals surface area contributed by atoms with E-state index in [0.717, 1.165) is 11.3 Å². The Morgan fingerprint density at radius 3 is 2.48 bits per heavy atom. The summed E-state index contributed by atoms with van der Waals surface area (Å²) in [6, 6.07) is 16.2. The van der Waals surface area contributed by atoms with Crippen molar-refractivity contribution in [1.29, 1.82) is 0 Å². The summed E-state index contributed by atoms with van der Waals surface area (Å²) in [5.74, 6) is -0.0218. The van der Waals surface area contributed by atoms with E-state index in [2.05, 4.69) is 29.7 Å². The van der Waals surface area contributed by atoms with Crippen molar-refractivity contribution in [2.24, 2.45) is 0 Å². The summed E-state index contributed by atoms with van der Waals surface area (Å²) in [6.07, 6.45) is 0. The lowest BCUT2D eigenvalue weighted by Crippen LogP contribution is -2.30. The minimum absolute atomic E-state index is 0.0218. The van der Waals surface area contributed by atoms with Crippen LogP contribution < -0.4 is 10.6 Å². The van der Waals surface area contributed by atoms with E-state index >= 15 is 0 Å². The monoisotopic (exact) mass is 282 g/mol. The average Bonchev–Trinajstić information content (AvgIpc) is 2.50. The molecule has 0 aliphatic heterocycles. The van der Waals surface area contributed by atoms with Gasteiger partial charge in [-0.2, -0.15) is 0 Å². The van der Waals surface area contributed by atoms with Gasteiger partial charge < -0.3 is 10.6 Å². The lowest BCUT2D eigenvalue weighted by Gasteiger charge is -2.15. The molecule has 21 heavy (non-hydrogen) atoms. The van der Waals surface area contributed by atoms with Crippen molar-refractivity contribution in [1.82, 2.24) is 5.32 Å².